The van der Waals surface area contributed by atoms with E-state index < -0.39 is 0 Å². The van der Waals surface area contributed by atoms with E-state index in [0.717, 1.165) is 31.9 Å². The molecule has 1 saturated heterocycles. The molecule has 20 heavy (non-hydrogen) atoms. The summed E-state index contributed by atoms with van der Waals surface area (Å²) in [7, 11) is 0. The van der Waals surface area contributed by atoms with Crippen LogP contribution in [-0.2, 0) is 6.54 Å². The Balaban J connectivity index is 1.61. The van der Waals surface area contributed by atoms with Crippen LogP contribution in [0, 0.1) is 11.3 Å². The highest BCUT2D eigenvalue weighted by Gasteiger charge is 2.36. The first-order chi connectivity index (χ1) is 9.45. The molecule has 1 saturated carbocycles. The topological polar surface area (TPSA) is 67.1 Å². The molecule has 3 rings (SSSR count). The van der Waals surface area contributed by atoms with Crippen molar-refractivity contribution in [1.82, 2.24) is 25.1 Å². The molecule has 1 aromatic heterocycles. The van der Waals surface area contributed by atoms with Gasteiger partial charge < -0.3 is 5.11 Å². The highest BCUT2D eigenvalue weighted by molar-refractivity contribution is 4.93. The molecule has 6 heteroatoms. The first-order valence-electron chi connectivity index (χ1n) is 7.62. The van der Waals surface area contributed by atoms with Gasteiger partial charge in [0.25, 0.3) is 0 Å². The predicted octanol–water partition coefficient (Wildman–Crippen LogP) is 1.24. The van der Waals surface area contributed by atoms with E-state index in [0.29, 0.717) is 12.0 Å². The van der Waals surface area contributed by atoms with Crippen molar-refractivity contribution in [3.8, 4) is 0 Å². The number of aromatic nitrogens is 4. The van der Waals surface area contributed by atoms with Crippen LogP contribution < -0.4 is 0 Å². The average molecular weight is 279 g/mol. The molecule has 0 aromatic carbocycles. The Labute approximate surface area is 120 Å². The van der Waals surface area contributed by atoms with Gasteiger partial charge in [0.15, 0.2) is 5.82 Å². The van der Waals surface area contributed by atoms with Crippen molar-refractivity contribution in [2.24, 2.45) is 11.3 Å². The molecule has 1 aliphatic carbocycles. The van der Waals surface area contributed by atoms with Gasteiger partial charge >= 0.3 is 0 Å². The zero-order valence-electron chi connectivity index (χ0n) is 12.7. The van der Waals surface area contributed by atoms with Gasteiger partial charge in [-0.25, -0.2) is 4.68 Å². The van der Waals surface area contributed by atoms with Crippen LogP contribution in [0.2, 0.25) is 0 Å². The molecule has 1 aromatic rings. The molecule has 112 valence electrons. The van der Waals surface area contributed by atoms with E-state index >= 15 is 0 Å². The Hall–Kier alpha value is -1.01. The maximum absolute atomic E-state index is 10.4. The largest absolute Gasteiger partial charge is 0.391 e. The summed E-state index contributed by atoms with van der Waals surface area (Å²) >= 11 is 0. The maximum Gasteiger partial charge on any atom is 0.165 e. The molecular formula is C14H25N5O. The van der Waals surface area contributed by atoms with Gasteiger partial charge in [0, 0.05) is 6.54 Å². The van der Waals surface area contributed by atoms with Gasteiger partial charge in [0.05, 0.1) is 18.7 Å². The van der Waals surface area contributed by atoms with Crippen LogP contribution in [0.3, 0.4) is 0 Å². The van der Waals surface area contributed by atoms with Crippen LogP contribution in [0.1, 0.15) is 51.9 Å². The van der Waals surface area contributed by atoms with Crippen LogP contribution in [0.25, 0.3) is 0 Å². The van der Waals surface area contributed by atoms with E-state index in [-0.39, 0.29) is 11.5 Å². The maximum atomic E-state index is 10.4. The molecule has 2 heterocycles. The quantitative estimate of drug-likeness (QED) is 0.901. The Morgan fingerprint density at radius 3 is 2.60 bits per heavy atom. The van der Waals surface area contributed by atoms with Gasteiger partial charge in [-0.3, -0.25) is 4.90 Å². The van der Waals surface area contributed by atoms with Crippen molar-refractivity contribution in [2.45, 2.75) is 58.7 Å². The molecular weight excluding hydrogens is 254 g/mol. The predicted molar refractivity (Wildman–Crippen MR) is 74.9 cm³/mol. The number of likely N-dealkylation sites (tertiary alicyclic amines) is 1. The molecule has 2 fully saturated rings. The van der Waals surface area contributed by atoms with Crippen molar-refractivity contribution in [2.75, 3.05) is 13.1 Å². The third-order valence-electron chi connectivity index (χ3n) is 4.60. The first kappa shape index (κ1) is 13.9. The number of hydrogen-bond donors (Lipinski definition) is 1. The Morgan fingerprint density at radius 1 is 1.25 bits per heavy atom. The van der Waals surface area contributed by atoms with E-state index in [1.54, 1.807) is 0 Å². The smallest absolute Gasteiger partial charge is 0.165 e. The summed E-state index contributed by atoms with van der Waals surface area (Å²) in [6, 6.07) is 0.511. The number of tetrazole rings is 1. The number of rotatable bonds is 3. The molecule has 0 amide bonds. The van der Waals surface area contributed by atoms with Gasteiger partial charge in [0.2, 0.25) is 0 Å². The van der Waals surface area contributed by atoms with E-state index in [4.69, 9.17) is 0 Å². The molecule has 6 nitrogen and oxygen atoms in total. The third kappa shape index (κ3) is 2.86. The van der Waals surface area contributed by atoms with Gasteiger partial charge in [-0.2, -0.15) is 0 Å². The fourth-order valence-corrected chi connectivity index (χ4v) is 3.27. The molecule has 2 unspecified atom stereocenters. The lowest BCUT2D eigenvalue weighted by Crippen LogP contribution is -2.47. The Bertz CT molecular complexity index is 462. The van der Waals surface area contributed by atoms with Crippen molar-refractivity contribution < 1.29 is 5.11 Å². The molecule has 2 aliphatic rings. The molecule has 0 bridgehead atoms. The number of β-amino-alcohol motifs (C(OH)–C–C–N with tert-alkyl or cyclic N) is 1. The Morgan fingerprint density at radius 2 is 2.00 bits per heavy atom. The van der Waals surface area contributed by atoms with Crippen molar-refractivity contribution >= 4 is 0 Å². The summed E-state index contributed by atoms with van der Waals surface area (Å²) in [6.07, 6.45) is 3.16. The van der Waals surface area contributed by atoms with Crippen molar-refractivity contribution in [1.29, 1.82) is 0 Å². The highest BCUT2D eigenvalue weighted by Crippen LogP contribution is 2.36. The lowest BCUT2D eigenvalue weighted by molar-refractivity contribution is -0.0274. The van der Waals surface area contributed by atoms with Crippen molar-refractivity contribution in [3.05, 3.63) is 5.82 Å². The second kappa shape index (κ2) is 5.07. The van der Waals surface area contributed by atoms with Crippen molar-refractivity contribution in [3.63, 3.8) is 0 Å². The fraction of sp³-hybridized carbons (Fsp3) is 0.929. The second-order valence-corrected chi connectivity index (χ2v) is 7.33. The van der Waals surface area contributed by atoms with E-state index in [2.05, 4.69) is 41.2 Å². The van der Waals surface area contributed by atoms with E-state index in [9.17, 15) is 5.11 Å². The van der Waals surface area contributed by atoms with E-state index in [1.807, 2.05) is 4.68 Å². The van der Waals surface area contributed by atoms with Crippen LogP contribution in [0.4, 0.5) is 0 Å². The molecule has 2 atom stereocenters. The minimum absolute atomic E-state index is 0.168. The summed E-state index contributed by atoms with van der Waals surface area (Å²) in [4.78, 5) is 2.28. The first-order valence-corrected chi connectivity index (χ1v) is 7.62. The zero-order valence-corrected chi connectivity index (χ0v) is 12.7. The zero-order chi connectivity index (χ0) is 14.3. The summed E-state index contributed by atoms with van der Waals surface area (Å²) in [5.74, 6) is 1.31. The lowest BCUT2D eigenvalue weighted by atomic mass is 9.74. The molecule has 1 aliphatic heterocycles. The second-order valence-electron chi connectivity index (χ2n) is 7.33. The van der Waals surface area contributed by atoms with Gasteiger partial charge in [-0.05, 0) is 47.6 Å². The number of nitrogens with zero attached hydrogens (tertiary/aromatic N) is 5. The number of hydrogen-bond acceptors (Lipinski definition) is 5. The summed E-state index contributed by atoms with van der Waals surface area (Å²) in [5, 5.41) is 22.4. The lowest BCUT2D eigenvalue weighted by Gasteiger charge is -2.42. The minimum Gasteiger partial charge on any atom is -0.391 e. The van der Waals surface area contributed by atoms with Gasteiger partial charge in [0.1, 0.15) is 0 Å². The van der Waals surface area contributed by atoms with Crippen LogP contribution >= 0.6 is 0 Å². The molecule has 0 spiro atoms. The van der Waals surface area contributed by atoms with Crippen LogP contribution in [0.15, 0.2) is 0 Å². The summed E-state index contributed by atoms with van der Waals surface area (Å²) in [5.41, 5.74) is 0.168. The number of aliphatic hydroxyl groups is 1. The third-order valence-corrected chi connectivity index (χ3v) is 4.60. The average Bonchev–Trinajstić information content (AvgIpc) is 3.09. The van der Waals surface area contributed by atoms with Gasteiger partial charge in [-0.15, -0.1) is 5.10 Å². The standard InChI is InChI=1S/C14H25N5O/c1-14(2,3)11-6-7-18(8-12(11)20)9-13-15-16-17-19(13)10-4-5-10/h10-12,20H,4-9H2,1-3H3. The van der Waals surface area contributed by atoms with Gasteiger partial charge in [-0.1, -0.05) is 20.8 Å². The fourth-order valence-electron chi connectivity index (χ4n) is 3.27. The number of aliphatic hydroxyl groups excluding tert-OH is 1. The highest BCUT2D eigenvalue weighted by atomic mass is 16.3. The normalized spacial score (nSPS) is 28.8. The minimum atomic E-state index is -0.256. The summed E-state index contributed by atoms with van der Waals surface area (Å²) in [6.45, 7) is 9.12. The number of piperidine rings is 1. The Kier molecular flexibility index (Phi) is 3.54. The molecule has 0 radical (unpaired) electrons. The van der Waals surface area contributed by atoms with Crippen LogP contribution in [-0.4, -0.2) is 49.4 Å². The van der Waals surface area contributed by atoms with Crippen LogP contribution in [0.5, 0.6) is 0 Å². The monoisotopic (exact) mass is 279 g/mol. The molecule has 1 N–H and O–H groups in total. The van der Waals surface area contributed by atoms with E-state index in [1.165, 1.54) is 12.8 Å². The summed E-state index contributed by atoms with van der Waals surface area (Å²) < 4.78 is 1.96. The SMILES string of the molecule is CC(C)(C)C1CCN(Cc2nnnn2C2CC2)CC1O.